The Bertz CT molecular complexity index is 1500. The quantitative estimate of drug-likeness (QED) is 0.341. The molecule has 2 fully saturated rings. The van der Waals surface area contributed by atoms with Gasteiger partial charge in [0.1, 0.15) is 47.2 Å². The van der Waals surface area contributed by atoms with E-state index >= 15 is 0 Å². The molecule has 0 amide bonds. The van der Waals surface area contributed by atoms with Crippen LogP contribution in [0.2, 0.25) is 5.02 Å². The predicted molar refractivity (Wildman–Crippen MR) is 146 cm³/mol. The van der Waals surface area contributed by atoms with E-state index in [0.717, 1.165) is 5.56 Å². The van der Waals surface area contributed by atoms with Crippen molar-refractivity contribution < 1.29 is 18.9 Å². The van der Waals surface area contributed by atoms with E-state index in [2.05, 4.69) is 21.4 Å². The Morgan fingerprint density at radius 1 is 1.21 bits per heavy atom. The van der Waals surface area contributed by atoms with E-state index in [0.29, 0.717) is 38.6 Å². The number of nitriles is 1. The maximum Gasteiger partial charge on any atom is 0.184 e. The average molecular weight is 583 g/mol. The standard InChI is InChI=1S/C26H23ClN6O4S2/c1-34-23-21(33-11-17(31-32-33)18-13-38-26(29)30-18)22-19(12-35-24(37-22)14-5-3-2-4-6-14)36-25(23)39-20-9-16(27)8-7-15(20)10-28/h2-9,11,13,19,21-25H,12H2,1H3,(H2,29,30)/t19?,21?,22-,23?,24?,25+/m0/s1. The van der Waals surface area contributed by atoms with E-state index in [1.54, 1.807) is 30.0 Å². The molecule has 6 atom stereocenters. The van der Waals surface area contributed by atoms with Crippen molar-refractivity contribution >= 4 is 39.8 Å². The zero-order chi connectivity index (χ0) is 26.9. The number of anilines is 1. The molecular formula is C26H23ClN6O4S2. The fourth-order valence-corrected chi connectivity index (χ4v) is 6.83. The first-order chi connectivity index (χ1) is 19.0. The number of nitrogens with zero attached hydrogens (tertiary/aromatic N) is 5. The summed E-state index contributed by atoms with van der Waals surface area (Å²) >= 11 is 8.96. The van der Waals surface area contributed by atoms with Crippen molar-refractivity contribution in [1.82, 2.24) is 20.0 Å². The summed E-state index contributed by atoms with van der Waals surface area (Å²) in [5, 5.41) is 21.3. The van der Waals surface area contributed by atoms with Crippen LogP contribution in [0.5, 0.6) is 0 Å². The highest BCUT2D eigenvalue weighted by atomic mass is 35.5. The minimum Gasteiger partial charge on any atom is -0.375 e. The van der Waals surface area contributed by atoms with Crippen LogP contribution in [-0.2, 0) is 18.9 Å². The van der Waals surface area contributed by atoms with Crippen LogP contribution in [0.4, 0.5) is 5.13 Å². The fraction of sp³-hybridized carbons (Fsp3) is 0.308. The molecule has 6 rings (SSSR count). The van der Waals surface area contributed by atoms with Gasteiger partial charge in [-0.1, -0.05) is 58.9 Å². The fourth-order valence-electron chi connectivity index (χ4n) is 4.75. The zero-order valence-corrected chi connectivity index (χ0v) is 23.0. The maximum absolute atomic E-state index is 9.67. The summed E-state index contributed by atoms with van der Waals surface area (Å²) in [4.78, 5) is 5.02. The number of nitrogens with two attached hydrogens (primary N) is 1. The Morgan fingerprint density at radius 3 is 2.79 bits per heavy atom. The summed E-state index contributed by atoms with van der Waals surface area (Å²) in [7, 11) is 1.62. The van der Waals surface area contributed by atoms with Crippen molar-refractivity contribution in [3.8, 4) is 17.5 Å². The topological polar surface area (TPSA) is 130 Å². The molecule has 4 unspecified atom stereocenters. The summed E-state index contributed by atoms with van der Waals surface area (Å²) < 4.78 is 26.9. The molecule has 0 spiro atoms. The summed E-state index contributed by atoms with van der Waals surface area (Å²) in [6, 6.07) is 16.6. The van der Waals surface area contributed by atoms with Gasteiger partial charge in [0.15, 0.2) is 11.4 Å². The molecule has 0 radical (unpaired) electrons. The third kappa shape index (κ3) is 5.27. The van der Waals surface area contributed by atoms with Crippen molar-refractivity contribution in [3.05, 3.63) is 76.3 Å². The van der Waals surface area contributed by atoms with E-state index in [9.17, 15) is 5.26 Å². The molecule has 2 N–H and O–H groups in total. The number of thioether (sulfide) groups is 1. The van der Waals surface area contributed by atoms with Crippen molar-refractivity contribution in [2.45, 2.75) is 41.0 Å². The van der Waals surface area contributed by atoms with Crippen LogP contribution < -0.4 is 5.73 Å². The minimum absolute atomic E-state index is 0.291. The Kier molecular flexibility index (Phi) is 7.55. The van der Waals surface area contributed by atoms with E-state index < -0.39 is 36.1 Å². The smallest absolute Gasteiger partial charge is 0.184 e. The predicted octanol–water partition coefficient (Wildman–Crippen LogP) is 4.70. The van der Waals surface area contributed by atoms with E-state index in [-0.39, 0.29) is 0 Å². The highest BCUT2D eigenvalue weighted by Gasteiger charge is 2.52. The molecule has 0 saturated carbocycles. The molecule has 39 heavy (non-hydrogen) atoms. The number of thiazole rings is 1. The molecule has 13 heteroatoms. The maximum atomic E-state index is 9.67. The number of hydrogen-bond acceptors (Lipinski definition) is 11. The molecule has 10 nitrogen and oxygen atoms in total. The Balaban J connectivity index is 1.37. The number of ether oxygens (including phenoxy) is 4. The van der Waals surface area contributed by atoms with Gasteiger partial charge in [0.2, 0.25) is 0 Å². The summed E-state index contributed by atoms with van der Waals surface area (Å²) in [5.41, 5.74) is 7.92. The van der Waals surface area contributed by atoms with Crippen LogP contribution >= 0.6 is 34.7 Å². The second-order valence-corrected chi connectivity index (χ2v) is 11.4. The van der Waals surface area contributed by atoms with E-state index in [4.69, 9.17) is 36.3 Å². The van der Waals surface area contributed by atoms with Gasteiger partial charge < -0.3 is 24.7 Å². The van der Waals surface area contributed by atoms with Crippen LogP contribution in [0.25, 0.3) is 11.4 Å². The molecule has 2 saturated heterocycles. The second-order valence-electron chi connectivity index (χ2n) is 8.94. The first kappa shape index (κ1) is 26.2. The third-order valence-electron chi connectivity index (χ3n) is 6.56. The van der Waals surface area contributed by atoms with Crippen molar-refractivity contribution in [2.24, 2.45) is 0 Å². The molecule has 0 bridgehead atoms. The lowest BCUT2D eigenvalue weighted by molar-refractivity contribution is -0.308. The molecular weight excluding hydrogens is 560 g/mol. The van der Waals surface area contributed by atoms with Gasteiger partial charge in [0, 0.05) is 28.0 Å². The van der Waals surface area contributed by atoms with Crippen molar-refractivity contribution in [2.75, 3.05) is 19.5 Å². The number of benzene rings is 2. The number of methoxy groups -OCH3 is 1. The van der Waals surface area contributed by atoms with Gasteiger partial charge in [-0.05, 0) is 18.2 Å². The number of fused-ring (bicyclic) bond motifs is 1. The van der Waals surface area contributed by atoms with Crippen LogP contribution in [0.3, 0.4) is 0 Å². The first-order valence-corrected chi connectivity index (χ1v) is 14.2. The van der Waals surface area contributed by atoms with Crippen LogP contribution in [0.1, 0.15) is 23.5 Å². The van der Waals surface area contributed by atoms with Gasteiger partial charge in [0.25, 0.3) is 0 Å². The SMILES string of the molecule is COC1C(n2cc(-c3csc(N)n3)nn2)[C@H]2OC(c3ccccc3)OCC2O[C@@H]1Sc1cc(Cl)ccc1C#N. The number of halogens is 1. The Labute approximate surface area is 237 Å². The van der Waals surface area contributed by atoms with Gasteiger partial charge in [-0.15, -0.1) is 16.4 Å². The molecule has 2 aliphatic heterocycles. The number of rotatable bonds is 6. The highest BCUT2D eigenvalue weighted by molar-refractivity contribution is 7.99. The first-order valence-electron chi connectivity index (χ1n) is 12.0. The number of nitrogen functional groups attached to an aromatic ring is 1. The molecule has 4 heterocycles. The third-order valence-corrected chi connectivity index (χ3v) is 8.67. The van der Waals surface area contributed by atoms with Gasteiger partial charge in [-0.2, -0.15) is 5.26 Å². The lowest BCUT2D eigenvalue weighted by Gasteiger charge is -2.48. The number of aromatic nitrogens is 4. The van der Waals surface area contributed by atoms with E-state index in [1.807, 2.05) is 41.9 Å². The second kappa shape index (κ2) is 11.2. The Morgan fingerprint density at radius 2 is 2.05 bits per heavy atom. The Hall–Kier alpha value is -3.02. The summed E-state index contributed by atoms with van der Waals surface area (Å²) in [6.07, 6.45) is -0.223. The molecule has 2 aromatic carbocycles. The summed E-state index contributed by atoms with van der Waals surface area (Å²) in [6.45, 7) is 0.291. The van der Waals surface area contributed by atoms with Gasteiger partial charge in [-0.25, -0.2) is 9.67 Å². The van der Waals surface area contributed by atoms with Gasteiger partial charge in [0.05, 0.1) is 18.4 Å². The van der Waals surface area contributed by atoms with Crippen LogP contribution in [0.15, 0.2) is 65.0 Å². The molecule has 4 aromatic rings. The van der Waals surface area contributed by atoms with Crippen LogP contribution in [0, 0.1) is 11.3 Å². The van der Waals surface area contributed by atoms with Crippen molar-refractivity contribution in [3.63, 3.8) is 0 Å². The van der Waals surface area contributed by atoms with Crippen LogP contribution in [-0.4, -0.2) is 57.4 Å². The van der Waals surface area contributed by atoms with Gasteiger partial charge >= 0.3 is 0 Å². The lowest BCUT2D eigenvalue weighted by Crippen LogP contribution is -2.59. The summed E-state index contributed by atoms with van der Waals surface area (Å²) in [5.74, 6) is 0. The zero-order valence-electron chi connectivity index (χ0n) is 20.6. The molecule has 0 aliphatic carbocycles. The van der Waals surface area contributed by atoms with Crippen molar-refractivity contribution in [1.29, 1.82) is 5.26 Å². The molecule has 2 aromatic heterocycles. The highest BCUT2D eigenvalue weighted by Crippen LogP contribution is 2.45. The minimum atomic E-state index is -0.584. The largest absolute Gasteiger partial charge is 0.375 e. The normalized spacial score (nSPS) is 26.6. The van der Waals surface area contributed by atoms with E-state index in [1.165, 1.54) is 23.1 Å². The average Bonchev–Trinajstić information content (AvgIpc) is 3.62. The lowest BCUT2D eigenvalue weighted by atomic mass is 9.95. The molecule has 2 aliphatic rings. The number of hydrogen-bond donors (Lipinski definition) is 1. The molecule has 200 valence electrons. The van der Waals surface area contributed by atoms with Gasteiger partial charge in [-0.3, -0.25) is 0 Å². The monoisotopic (exact) mass is 582 g/mol.